The molecule has 0 unspecified atom stereocenters. The Hall–Kier alpha value is -2.03. The molecule has 1 heterocycles. The first-order valence-electron chi connectivity index (χ1n) is 6.69. The summed E-state index contributed by atoms with van der Waals surface area (Å²) in [5.41, 5.74) is 6.54. The summed E-state index contributed by atoms with van der Waals surface area (Å²) in [5, 5.41) is 0. The van der Waals surface area contributed by atoms with Crippen molar-refractivity contribution < 1.29 is 9.53 Å². The maximum atomic E-state index is 11.9. The standard InChI is InChI=1S/C16H17NO2/c1-3-19-16(18)15-10(2)14-12-7-5-4-6-11(12)8-9-13(14)17-15/h4-7,17H,3,8-9H2,1-2H3. The number of H-pyrrole nitrogens is 1. The molecule has 0 atom stereocenters. The zero-order valence-electron chi connectivity index (χ0n) is 11.2. The first-order valence-corrected chi connectivity index (χ1v) is 6.69. The van der Waals surface area contributed by atoms with Crippen molar-refractivity contribution >= 4 is 5.97 Å². The SMILES string of the molecule is CCOC(=O)c1[nH]c2c(c1C)-c1ccccc1CC2. The Bertz CT molecular complexity index is 640. The van der Waals surface area contributed by atoms with E-state index in [1.807, 2.05) is 19.9 Å². The number of rotatable bonds is 2. The third-order valence-corrected chi connectivity index (χ3v) is 3.74. The molecule has 1 aliphatic rings. The molecule has 0 saturated carbocycles. The average molecular weight is 255 g/mol. The van der Waals surface area contributed by atoms with Crippen molar-refractivity contribution in [2.45, 2.75) is 26.7 Å². The van der Waals surface area contributed by atoms with Gasteiger partial charge >= 0.3 is 5.97 Å². The second kappa shape index (κ2) is 4.57. The summed E-state index contributed by atoms with van der Waals surface area (Å²) < 4.78 is 5.10. The normalized spacial score (nSPS) is 12.7. The van der Waals surface area contributed by atoms with Crippen LogP contribution in [0.1, 0.15) is 34.2 Å². The smallest absolute Gasteiger partial charge is 0.355 e. The van der Waals surface area contributed by atoms with Crippen LogP contribution in [0.15, 0.2) is 24.3 Å². The predicted molar refractivity (Wildman–Crippen MR) is 74.3 cm³/mol. The number of aryl methyl sites for hydroxylation is 2. The molecular weight excluding hydrogens is 238 g/mol. The maximum absolute atomic E-state index is 11.9. The largest absolute Gasteiger partial charge is 0.461 e. The van der Waals surface area contributed by atoms with Crippen LogP contribution >= 0.6 is 0 Å². The number of esters is 1. The summed E-state index contributed by atoms with van der Waals surface area (Å²) in [4.78, 5) is 15.2. The van der Waals surface area contributed by atoms with Crippen LogP contribution in [-0.4, -0.2) is 17.6 Å². The van der Waals surface area contributed by atoms with Gasteiger partial charge in [0.15, 0.2) is 0 Å². The van der Waals surface area contributed by atoms with Crippen molar-refractivity contribution in [1.29, 1.82) is 0 Å². The van der Waals surface area contributed by atoms with Crippen LogP contribution in [0.4, 0.5) is 0 Å². The van der Waals surface area contributed by atoms with Gasteiger partial charge in [0.05, 0.1) is 6.61 Å². The van der Waals surface area contributed by atoms with E-state index in [0.717, 1.165) is 24.1 Å². The Morgan fingerprint density at radius 3 is 2.89 bits per heavy atom. The topological polar surface area (TPSA) is 42.1 Å². The van der Waals surface area contributed by atoms with Gasteiger partial charge in [-0.25, -0.2) is 4.79 Å². The molecule has 19 heavy (non-hydrogen) atoms. The lowest BCUT2D eigenvalue weighted by Gasteiger charge is -2.16. The highest BCUT2D eigenvalue weighted by Gasteiger charge is 2.24. The minimum absolute atomic E-state index is 0.258. The summed E-state index contributed by atoms with van der Waals surface area (Å²) >= 11 is 0. The Morgan fingerprint density at radius 1 is 1.32 bits per heavy atom. The van der Waals surface area contributed by atoms with Crippen molar-refractivity contribution in [3.63, 3.8) is 0 Å². The summed E-state index contributed by atoms with van der Waals surface area (Å²) in [5.74, 6) is -0.258. The van der Waals surface area contributed by atoms with Gasteiger partial charge in [-0.3, -0.25) is 0 Å². The van der Waals surface area contributed by atoms with Crippen molar-refractivity contribution in [1.82, 2.24) is 4.98 Å². The van der Waals surface area contributed by atoms with Gasteiger partial charge in [0.1, 0.15) is 5.69 Å². The first kappa shape index (κ1) is 12.0. The van der Waals surface area contributed by atoms with Crippen LogP contribution in [-0.2, 0) is 17.6 Å². The Morgan fingerprint density at radius 2 is 2.11 bits per heavy atom. The second-order valence-corrected chi connectivity index (χ2v) is 4.86. The number of fused-ring (bicyclic) bond motifs is 3. The number of aromatic amines is 1. The fraction of sp³-hybridized carbons (Fsp3) is 0.312. The molecule has 98 valence electrons. The number of ether oxygens (including phenoxy) is 1. The molecule has 0 spiro atoms. The van der Waals surface area contributed by atoms with Crippen LogP contribution < -0.4 is 0 Å². The Labute approximate surface area is 112 Å². The summed E-state index contributed by atoms with van der Waals surface area (Å²) in [6, 6.07) is 8.40. The Balaban J connectivity index is 2.13. The number of nitrogens with one attached hydrogen (secondary N) is 1. The zero-order chi connectivity index (χ0) is 13.4. The summed E-state index contributed by atoms with van der Waals surface area (Å²) in [6.07, 6.45) is 1.97. The highest BCUT2D eigenvalue weighted by Crippen LogP contribution is 2.37. The van der Waals surface area contributed by atoms with Gasteiger partial charge in [-0.15, -0.1) is 0 Å². The minimum atomic E-state index is -0.258. The van der Waals surface area contributed by atoms with E-state index in [1.165, 1.54) is 16.7 Å². The lowest BCUT2D eigenvalue weighted by Crippen LogP contribution is -2.06. The van der Waals surface area contributed by atoms with Crippen LogP contribution in [0.2, 0.25) is 0 Å². The van der Waals surface area contributed by atoms with Gasteiger partial charge in [-0.05, 0) is 43.4 Å². The molecule has 3 rings (SSSR count). The molecule has 1 N–H and O–H groups in total. The van der Waals surface area contributed by atoms with Gasteiger partial charge in [0.25, 0.3) is 0 Å². The van der Waals surface area contributed by atoms with Crippen molar-refractivity contribution in [2.75, 3.05) is 6.61 Å². The fourth-order valence-corrected chi connectivity index (χ4v) is 2.86. The van der Waals surface area contributed by atoms with Gasteiger partial charge in [0, 0.05) is 11.3 Å². The minimum Gasteiger partial charge on any atom is -0.461 e. The highest BCUT2D eigenvalue weighted by molar-refractivity contribution is 5.93. The molecular formula is C16H17NO2. The van der Waals surface area contributed by atoms with Crippen molar-refractivity contribution in [3.05, 3.63) is 46.8 Å². The highest BCUT2D eigenvalue weighted by atomic mass is 16.5. The quantitative estimate of drug-likeness (QED) is 0.837. The molecule has 1 aromatic heterocycles. The van der Waals surface area contributed by atoms with E-state index in [9.17, 15) is 4.79 Å². The first-order chi connectivity index (χ1) is 9.22. The number of benzene rings is 1. The van der Waals surface area contributed by atoms with E-state index in [4.69, 9.17) is 4.74 Å². The van der Waals surface area contributed by atoms with Crippen molar-refractivity contribution in [3.8, 4) is 11.1 Å². The molecule has 1 aliphatic carbocycles. The molecule has 0 radical (unpaired) electrons. The lowest BCUT2D eigenvalue weighted by molar-refractivity contribution is 0.0519. The van der Waals surface area contributed by atoms with E-state index in [1.54, 1.807) is 0 Å². The molecule has 0 bridgehead atoms. The number of hydrogen-bond acceptors (Lipinski definition) is 2. The molecule has 0 fully saturated rings. The van der Waals surface area contributed by atoms with E-state index < -0.39 is 0 Å². The van der Waals surface area contributed by atoms with Crippen LogP contribution in [0.25, 0.3) is 11.1 Å². The van der Waals surface area contributed by atoms with Gasteiger partial charge < -0.3 is 9.72 Å². The van der Waals surface area contributed by atoms with E-state index >= 15 is 0 Å². The third kappa shape index (κ3) is 1.86. The molecule has 0 aliphatic heterocycles. The van der Waals surface area contributed by atoms with Gasteiger partial charge in [-0.2, -0.15) is 0 Å². The molecule has 0 saturated heterocycles. The van der Waals surface area contributed by atoms with Crippen LogP contribution in [0.5, 0.6) is 0 Å². The Kier molecular flexibility index (Phi) is 2.90. The summed E-state index contributed by atoms with van der Waals surface area (Å²) in [6.45, 7) is 4.22. The van der Waals surface area contributed by atoms with Crippen molar-refractivity contribution in [2.24, 2.45) is 0 Å². The van der Waals surface area contributed by atoms with Gasteiger partial charge in [0.2, 0.25) is 0 Å². The maximum Gasteiger partial charge on any atom is 0.355 e. The molecule has 3 heteroatoms. The third-order valence-electron chi connectivity index (χ3n) is 3.74. The van der Waals surface area contributed by atoms with Crippen LogP contribution in [0.3, 0.4) is 0 Å². The van der Waals surface area contributed by atoms with Gasteiger partial charge in [-0.1, -0.05) is 24.3 Å². The molecule has 2 aromatic rings. The number of hydrogen-bond donors (Lipinski definition) is 1. The van der Waals surface area contributed by atoms with E-state index in [2.05, 4.69) is 23.2 Å². The number of aromatic nitrogens is 1. The second-order valence-electron chi connectivity index (χ2n) is 4.86. The number of carbonyl (C=O) groups is 1. The molecule has 3 nitrogen and oxygen atoms in total. The fourth-order valence-electron chi connectivity index (χ4n) is 2.86. The monoisotopic (exact) mass is 255 g/mol. The molecule has 0 amide bonds. The average Bonchev–Trinajstić information content (AvgIpc) is 2.77. The van der Waals surface area contributed by atoms with Crippen LogP contribution in [0, 0.1) is 6.92 Å². The lowest BCUT2D eigenvalue weighted by atomic mass is 9.88. The molecule has 1 aromatic carbocycles. The van der Waals surface area contributed by atoms with E-state index in [0.29, 0.717) is 12.3 Å². The summed E-state index contributed by atoms with van der Waals surface area (Å²) in [7, 11) is 0. The zero-order valence-corrected chi connectivity index (χ0v) is 11.2. The van der Waals surface area contributed by atoms with E-state index in [-0.39, 0.29) is 5.97 Å². The number of carbonyl (C=O) groups excluding carboxylic acids is 1. The predicted octanol–water partition coefficient (Wildman–Crippen LogP) is 3.27.